The number of aromatic nitrogens is 4. The Morgan fingerprint density at radius 1 is 1.19 bits per heavy atom. The molecule has 0 saturated carbocycles. The normalized spacial score (nSPS) is 12.0. The minimum absolute atomic E-state index is 0.0477. The van der Waals surface area contributed by atoms with Gasteiger partial charge in [0.2, 0.25) is 5.95 Å². The summed E-state index contributed by atoms with van der Waals surface area (Å²) in [5.41, 5.74) is 5.01. The first-order valence-electron chi connectivity index (χ1n) is 10.9. The number of rotatable bonds is 9. The summed E-state index contributed by atoms with van der Waals surface area (Å²) in [5.74, 6) is 1.25. The lowest BCUT2D eigenvalue weighted by Crippen LogP contribution is -2.11. The monoisotopic (exact) mass is 421 g/mol. The Labute approximate surface area is 185 Å². The van der Waals surface area contributed by atoms with E-state index in [0.717, 1.165) is 40.8 Å². The summed E-state index contributed by atoms with van der Waals surface area (Å²) in [6.45, 7) is 12.5. The number of H-pyrrole nitrogens is 1. The molecule has 4 N–H and O–H groups in total. The van der Waals surface area contributed by atoms with Gasteiger partial charge in [-0.15, -0.1) is 0 Å². The number of nitrogens with one attached hydrogen (secondary N) is 4. The van der Waals surface area contributed by atoms with E-state index in [9.17, 15) is 0 Å². The third-order valence-electron chi connectivity index (χ3n) is 4.42. The van der Waals surface area contributed by atoms with Gasteiger partial charge in [0.05, 0.1) is 23.4 Å². The maximum atomic E-state index is 4.55. The van der Waals surface area contributed by atoms with Crippen LogP contribution in [0.5, 0.6) is 0 Å². The van der Waals surface area contributed by atoms with Crippen molar-refractivity contribution >= 4 is 22.8 Å². The molecule has 1 unspecified atom stereocenters. The Balaban J connectivity index is 0.00000107. The van der Waals surface area contributed by atoms with Gasteiger partial charge in [0.1, 0.15) is 5.82 Å². The largest absolute Gasteiger partial charge is 0.391 e. The van der Waals surface area contributed by atoms with Crippen LogP contribution >= 0.6 is 0 Å². The van der Waals surface area contributed by atoms with Gasteiger partial charge in [-0.1, -0.05) is 46.3 Å². The molecule has 3 aromatic rings. The van der Waals surface area contributed by atoms with Crippen LogP contribution in [0.2, 0.25) is 0 Å². The zero-order valence-corrected chi connectivity index (χ0v) is 19.3. The molecule has 0 aliphatic heterocycles. The Kier molecular flexibility index (Phi) is 9.55. The van der Waals surface area contributed by atoms with Gasteiger partial charge >= 0.3 is 0 Å². The van der Waals surface area contributed by atoms with Crippen molar-refractivity contribution in [2.24, 2.45) is 0 Å². The Morgan fingerprint density at radius 2 is 1.97 bits per heavy atom. The van der Waals surface area contributed by atoms with Crippen molar-refractivity contribution in [1.29, 1.82) is 0 Å². The van der Waals surface area contributed by atoms with E-state index in [1.165, 1.54) is 6.42 Å². The third kappa shape index (κ3) is 7.44. The smallest absolute Gasteiger partial charge is 0.225 e. The molecule has 2 heterocycles. The van der Waals surface area contributed by atoms with Crippen LogP contribution in [-0.2, 0) is 0 Å². The highest BCUT2D eigenvalue weighted by molar-refractivity contribution is 5.75. The third-order valence-corrected chi connectivity index (χ3v) is 4.42. The first kappa shape index (κ1) is 23.9. The second-order valence-corrected chi connectivity index (χ2v) is 7.34. The first-order valence-corrected chi connectivity index (χ1v) is 10.9. The van der Waals surface area contributed by atoms with Gasteiger partial charge < -0.3 is 20.9 Å². The fourth-order valence-electron chi connectivity index (χ4n) is 2.95. The molecule has 2 aromatic heterocycles. The molecule has 0 radical (unpaired) electrons. The summed E-state index contributed by atoms with van der Waals surface area (Å²) in [6, 6.07) is 8.02. The van der Waals surface area contributed by atoms with Crippen molar-refractivity contribution in [2.75, 3.05) is 17.7 Å². The van der Waals surface area contributed by atoms with Crippen LogP contribution in [0.4, 0.5) is 11.8 Å². The van der Waals surface area contributed by atoms with Crippen LogP contribution < -0.4 is 16.0 Å². The summed E-state index contributed by atoms with van der Waals surface area (Å²) < 4.78 is 0. The van der Waals surface area contributed by atoms with E-state index in [2.05, 4.69) is 82.3 Å². The molecule has 0 saturated heterocycles. The van der Waals surface area contributed by atoms with Crippen molar-refractivity contribution in [1.82, 2.24) is 25.3 Å². The summed E-state index contributed by atoms with van der Waals surface area (Å²) in [7, 11) is 1.92. The molecular formula is C24H35N7. The molecule has 31 heavy (non-hydrogen) atoms. The van der Waals surface area contributed by atoms with Gasteiger partial charge in [-0.2, -0.15) is 4.98 Å². The minimum Gasteiger partial charge on any atom is -0.391 e. The van der Waals surface area contributed by atoms with E-state index in [-0.39, 0.29) is 6.04 Å². The van der Waals surface area contributed by atoms with Crippen molar-refractivity contribution in [3.05, 3.63) is 66.4 Å². The molecule has 166 valence electrons. The van der Waals surface area contributed by atoms with E-state index in [4.69, 9.17) is 0 Å². The van der Waals surface area contributed by atoms with Crippen LogP contribution in [0.1, 0.15) is 58.6 Å². The molecular weight excluding hydrogens is 386 g/mol. The van der Waals surface area contributed by atoms with E-state index in [0.29, 0.717) is 11.8 Å². The number of imidazole rings is 1. The summed E-state index contributed by atoms with van der Waals surface area (Å²) >= 11 is 0. The number of hydrogen-bond donors (Lipinski definition) is 4. The van der Waals surface area contributed by atoms with Crippen molar-refractivity contribution < 1.29 is 0 Å². The Bertz CT molecular complexity index is 990. The first-order chi connectivity index (χ1) is 15.0. The lowest BCUT2D eigenvalue weighted by Gasteiger charge is -2.15. The van der Waals surface area contributed by atoms with Gasteiger partial charge in [0.15, 0.2) is 0 Å². The SMILES string of the molecule is C=C(/C=C(/CCC)NC)Nc1ccnc(NC(C)c2ccc3nc[nH]c3c2)n1.CCC. The van der Waals surface area contributed by atoms with Gasteiger partial charge in [-0.05, 0) is 43.2 Å². The van der Waals surface area contributed by atoms with Crippen LogP contribution in [0.15, 0.2) is 60.8 Å². The highest BCUT2D eigenvalue weighted by Gasteiger charge is 2.09. The summed E-state index contributed by atoms with van der Waals surface area (Å²) in [6.07, 6.45) is 8.73. The number of anilines is 2. The molecule has 0 aliphatic carbocycles. The average Bonchev–Trinajstić information content (AvgIpc) is 3.22. The molecule has 0 fully saturated rings. The molecule has 0 aliphatic rings. The second-order valence-electron chi connectivity index (χ2n) is 7.34. The highest BCUT2D eigenvalue weighted by Crippen LogP contribution is 2.21. The summed E-state index contributed by atoms with van der Waals surface area (Å²) in [4.78, 5) is 16.3. The molecule has 0 bridgehead atoms. The lowest BCUT2D eigenvalue weighted by atomic mass is 10.1. The van der Waals surface area contributed by atoms with E-state index < -0.39 is 0 Å². The van der Waals surface area contributed by atoms with Gasteiger partial charge in [0.25, 0.3) is 0 Å². The maximum absolute atomic E-state index is 4.55. The van der Waals surface area contributed by atoms with Crippen molar-refractivity contribution in [3.8, 4) is 0 Å². The molecule has 1 atom stereocenters. The number of nitrogens with zero attached hydrogens (tertiary/aromatic N) is 3. The maximum Gasteiger partial charge on any atom is 0.225 e. The molecule has 0 spiro atoms. The van der Waals surface area contributed by atoms with E-state index in [1.54, 1.807) is 12.5 Å². The lowest BCUT2D eigenvalue weighted by molar-refractivity contribution is 0.815. The Morgan fingerprint density at radius 3 is 2.68 bits per heavy atom. The van der Waals surface area contributed by atoms with Crippen LogP contribution in [-0.4, -0.2) is 27.0 Å². The average molecular weight is 422 g/mol. The minimum atomic E-state index is 0.0477. The fourth-order valence-corrected chi connectivity index (χ4v) is 2.95. The van der Waals surface area contributed by atoms with Crippen LogP contribution in [0, 0.1) is 0 Å². The number of hydrogen-bond acceptors (Lipinski definition) is 6. The van der Waals surface area contributed by atoms with E-state index in [1.807, 2.05) is 25.3 Å². The molecule has 7 nitrogen and oxygen atoms in total. The predicted octanol–water partition coefficient (Wildman–Crippen LogP) is 5.77. The number of aromatic amines is 1. The summed E-state index contributed by atoms with van der Waals surface area (Å²) in [5, 5.41) is 9.77. The fraction of sp³-hybridized carbons (Fsp3) is 0.375. The highest BCUT2D eigenvalue weighted by atomic mass is 15.1. The quantitative estimate of drug-likeness (QED) is 0.328. The molecule has 3 rings (SSSR count). The van der Waals surface area contributed by atoms with Crippen molar-refractivity contribution in [2.45, 2.75) is 53.0 Å². The van der Waals surface area contributed by atoms with Gasteiger partial charge in [-0.25, -0.2) is 9.97 Å². The number of fused-ring (bicyclic) bond motifs is 1. The number of allylic oxidation sites excluding steroid dienone is 2. The number of benzene rings is 1. The second kappa shape index (κ2) is 12.4. The zero-order chi connectivity index (χ0) is 22.6. The van der Waals surface area contributed by atoms with Crippen LogP contribution in [0.3, 0.4) is 0 Å². The standard InChI is InChI=1S/C21H27N7.C3H8/c1-5-6-17(22-4)11-14(2)26-20-9-10-23-21(28-20)27-15(3)16-7-8-18-19(12-16)25-13-24-18;1-3-2/h7-13,15,22H,2,5-6H2,1,3-4H3,(H,24,25)(H2,23,26,27,28);3H2,1-2H3/b17-11-;. The van der Waals surface area contributed by atoms with Gasteiger partial charge in [-0.3, -0.25) is 0 Å². The molecule has 7 heteroatoms. The molecule has 0 amide bonds. The zero-order valence-electron chi connectivity index (χ0n) is 19.3. The predicted molar refractivity (Wildman–Crippen MR) is 131 cm³/mol. The Hall–Kier alpha value is -3.35. The topological polar surface area (TPSA) is 90.5 Å². The van der Waals surface area contributed by atoms with E-state index >= 15 is 0 Å². The van der Waals surface area contributed by atoms with Crippen molar-refractivity contribution in [3.63, 3.8) is 0 Å². The molecule has 1 aromatic carbocycles. The van der Waals surface area contributed by atoms with Crippen LogP contribution in [0.25, 0.3) is 11.0 Å². The van der Waals surface area contributed by atoms with Gasteiger partial charge in [0, 0.05) is 24.6 Å².